The van der Waals surface area contributed by atoms with Crippen LogP contribution in [0.3, 0.4) is 0 Å². The first-order valence-electron chi connectivity index (χ1n) is 11.7. The monoisotopic (exact) mass is 552 g/mol. The van der Waals surface area contributed by atoms with Gasteiger partial charge in [0.1, 0.15) is 18.1 Å². The summed E-state index contributed by atoms with van der Waals surface area (Å²) >= 11 is 0. The number of ether oxygens (including phenoxy) is 2. The number of carboxylic acids is 1. The van der Waals surface area contributed by atoms with Crippen LogP contribution in [0.2, 0.25) is 0 Å². The number of aryl methyl sites for hydroxylation is 1. The number of carboxylic acid groups (broad SMARTS) is 1. The van der Waals surface area contributed by atoms with Gasteiger partial charge in [0.15, 0.2) is 5.60 Å². The number of rotatable bonds is 9. The molecule has 2 N–H and O–H groups in total. The van der Waals surface area contributed by atoms with Gasteiger partial charge in [-0.2, -0.15) is 0 Å². The van der Waals surface area contributed by atoms with E-state index in [-0.39, 0.29) is 65.7 Å². The first kappa shape index (κ1) is 32.7. The standard InChI is InChI=1S/C28H28N2O7.2Na.2H/c1-17-14-22(36-28(3,4)25(31)32)12-13-23(17)24-7-5-6-20(18(24)2)16-35-21-10-8-19(9-11-21)15-30-26(33)29-27(34)37-30;;;;/h5-14H,15-16H2,1-4H3,(H,31,32)(H,29,33,34);;;;. The van der Waals surface area contributed by atoms with Crippen LogP contribution in [0.15, 0.2) is 74.8 Å². The number of aliphatic carboxylic acids is 1. The van der Waals surface area contributed by atoms with E-state index in [9.17, 15) is 19.5 Å². The van der Waals surface area contributed by atoms with E-state index in [1.807, 2.05) is 44.2 Å². The molecular formula is C28H30N2Na2O7. The van der Waals surface area contributed by atoms with Gasteiger partial charge in [-0.25, -0.2) is 19.4 Å². The molecule has 4 rings (SSSR count). The Kier molecular flexibility index (Phi) is 11.5. The maximum absolute atomic E-state index is 11.6. The van der Waals surface area contributed by atoms with Gasteiger partial charge < -0.3 is 19.1 Å². The molecule has 0 saturated heterocycles. The number of hydrogen-bond donors (Lipinski definition) is 2. The number of carbonyl (C=O) groups is 1. The number of aromatic amines is 1. The zero-order valence-corrected chi connectivity index (χ0v) is 21.0. The van der Waals surface area contributed by atoms with Crippen molar-refractivity contribution in [1.29, 1.82) is 0 Å². The van der Waals surface area contributed by atoms with Crippen molar-refractivity contribution in [3.05, 3.63) is 104 Å². The Balaban J connectivity index is 0.00000267. The Labute approximate surface area is 269 Å². The van der Waals surface area contributed by atoms with Crippen molar-refractivity contribution >= 4 is 65.1 Å². The molecule has 39 heavy (non-hydrogen) atoms. The topological polar surface area (TPSA) is 124 Å². The number of benzene rings is 3. The summed E-state index contributed by atoms with van der Waals surface area (Å²) in [6.07, 6.45) is 0. The summed E-state index contributed by atoms with van der Waals surface area (Å²) in [7, 11) is 0. The molecular weight excluding hydrogens is 522 g/mol. The molecule has 11 heteroatoms. The minimum atomic E-state index is -1.32. The predicted molar refractivity (Wildman–Crippen MR) is 151 cm³/mol. The normalized spacial score (nSPS) is 10.8. The number of H-pyrrole nitrogens is 1. The maximum atomic E-state index is 11.6. The molecule has 1 heterocycles. The Morgan fingerprint density at radius 2 is 1.64 bits per heavy atom. The fourth-order valence-corrected chi connectivity index (χ4v) is 3.91. The molecule has 0 aliphatic rings. The SMILES string of the molecule is Cc1cc(OC(C)(C)C(=O)O)ccc1-c1cccc(COc2ccc(Cn3oc(=O)[nH]c3=O)cc2)c1C.[NaH].[NaH]. The molecule has 9 nitrogen and oxygen atoms in total. The third-order valence-electron chi connectivity index (χ3n) is 6.09. The predicted octanol–water partition coefficient (Wildman–Crippen LogP) is 2.99. The van der Waals surface area contributed by atoms with Crippen LogP contribution in [0.1, 0.15) is 36.1 Å². The Morgan fingerprint density at radius 1 is 0.974 bits per heavy atom. The Hall–Kier alpha value is -2.53. The van der Waals surface area contributed by atoms with Crippen molar-refractivity contribution in [3.63, 3.8) is 0 Å². The van der Waals surface area contributed by atoms with E-state index in [1.165, 1.54) is 13.8 Å². The van der Waals surface area contributed by atoms with E-state index in [0.29, 0.717) is 18.1 Å². The number of hydrogen-bond acceptors (Lipinski definition) is 6. The van der Waals surface area contributed by atoms with Crippen LogP contribution in [-0.2, 0) is 17.9 Å². The summed E-state index contributed by atoms with van der Waals surface area (Å²) in [5, 5.41) is 9.32. The van der Waals surface area contributed by atoms with Gasteiger partial charge in [-0.05, 0) is 85.3 Å². The van der Waals surface area contributed by atoms with Crippen LogP contribution < -0.4 is 20.9 Å². The van der Waals surface area contributed by atoms with Crippen molar-refractivity contribution in [1.82, 2.24) is 9.72 Å². The second kappa shape index (κ2) is 13.7. The average Bonchev–Trinajstić information content (AvgIpc) is 3.15. The molecule has 1 aromatic heterocycles. The third kappa shape index (κ3) is 8.00. The summed E-state index contributed by atoms with van der Waals surface area (Å²) < 4.78 is 17.4. The molecule has 4 aromatic rings. The summed E-state index contributed by atoms with van der Waals surface area (Å²) in [5.41, 5.74) is 4.00. The van der Waals surface area contributed by atoms with Crippen LogP contribution >= 0.6 is 0 Å². The molecule has 3 aromatic carbocycles. The van der Waals surface area contributed by atoms with E-state index in [0.717, 1.165) is 38.1 Å². The Morgan fingerprint density at radius 3 is 2.23 bits per heavy atom. The third-order valence-corrected chi connectivity index (χ3v) is 6.09. The summed E-state index contributed by atoms with van der Waals surface area (Å²) in [4.78, 5) is 36.2. The fourth-order valence-electron chi connectivity index (χ4n) is 3.91. The molecule has 0 bridgehead atoms. The second-order valence-corrected chi connectivity index (χ2v) is 9.26. The first-order chi connectivity index (χ1) is 17.5. The number of aromatic nitrogens is 2. The molecule has 0 amide bonds. The van der Waals surface area contributed by atoms with E-state index < -0.39 is 23.0 Å². The molecule has 0 spiro atoms. The van der Waals surface area contributed by atoms with Crippen LogP contribution in [0, 0.1) is 13.8 Å². The molecule has 196 valence electrons. The van der Waals surface area contributed by atoms with Crippen molar-refractivity contribution in [2.75, 3.05) is 0 Å². The van der Waals surface area contributed by atoms with E-state index >= 15 is 0 Å². The van der Waals surface area contributed by atoms with Crippen LogP contribution in [0.5, 0.6) is 11.5 Å². The van der Waals surface area contributed by atoms with Gasteiger partial charge in [0.05, 0.1) is 6.54 Å². The average molecular weight is 553 g/mol. The summed E-state index contributed by atoms with van der Waals surface area (Å²) in [6, 6.07) is 18.8. The Bertz CT molecular complexity index is 1550. The van der Waals surface area contributed by atoms with Gasteiger partial charge in [0.2, 0.25) is 0 Å². The fraction of sp³-hybridized carbons (Fsp3) is 0.250. The van der Waals surface area contributed by atoms with Crippen LogP contribution in [0.25, 0.3) is 11.1 Å². The zero-order chi connectivity index (χ0) is 26.7. The first-order valence-corrected chi connectivity index (χ1v) is 11.7. The molecule has 0 saturated carbocycles. The number of nitrogens with one attached hydrogen (secondary N) is 1. The van der Waals surface area contributed by atoms with Gasteiger partial charge in [-0.15, -0.1) is 4.74 Å². The van der Waals surface area contributed by atoms with Gasteiger partial charge in [0.25, 0.3) is 0 Å². The van der Waals surface area contributed by atoms with E-state index in [4.69, 9.17) is 14.0 Å². The van der Waals surface area contributed by atoms with Crippen molar-refractivity contribution < 1.29 is 23.9 Å². The molecule has 0 radical (unpaired) electrons. The van der Waals surface area contributed by atoms with Gasteiger partial charge in [0, 0.05) is 0 Å². The molecule has 0 atom stereocenters. The minimum absolute atomic E-state index is 0. The summed E-state index contributed by atoms with van der Waals surface area (Å²) in [6.45, 7) is 7.53. The zero-order valence-electron chi connectivity index (χ0n) is 21.0. The molecule has 0 unspecified atom stereocenters. The number of nitrogens with zero attached hydrogens (tertiary/aromatic N) is 1. The van der Waals surface area contributed by atoms with Gasteiger partial charge in [-0.1, -0.05) is 36.4 Å². The quantitative estimate of drug-likeness (QED) is 0.306. The van der Waals surface area contributed by atoms with Crippen LogP contribution in [-0.4, -0.2) is 85.5 Å². The molecule has 0 aliphatic heterocycles. The van der Waals surface area contributed by atoms with Gasteiger partial charge >= 0.3 is 76.5 Å². The van der Waals surface area contributed by atoms with Crippen molar-refractivity contribution in [2.45, 2.75) is 46.4 Å². The van der Waals surface area contributed by atoms with E-state index in [2.05, 4.69) is 4.98 Å². The van der Waals surface area contributed by atoms with Crippen LogP contribution in [0.4, 0.5) is 0 Å². The molecule has 0 aliphatic carbocycles. The second-order valence-electron chi connectivity index (χ2n) is 9.26. The van der Waals surface area contributed by atoms with E-state index in [1.54, 1.807) is 30.3 Å². The van der Waals surface area contributed by atoms with Gasteiger partial charge in [-0.3, -0.25) is 0 Å². The van der Waals surface area contributed by atoms with Crippen molar-refractivity contribution in [3.8, 4) is 22.6 Å². The molecule has 0 fully saturated rings. The summed E-state index contributed by atoms with van der Waals surface area (Å²) in [5.74, 6) is -0.658. The van der Waals surface area contributed by atoms with Crippen molar-refractivity contribution in [2.24, 2.45) is 0 Å².